The molecule has 1 fully saturated rings. The van der Waals surface area contributed by atoms with E-state index in [1.165, 1.54) is 23.8 Å². The van der Waals surface area contributed by atoms with Gasteiger partial charge < -0.3 is 4.90 Å². The molecule has 1 saturated heterocycles. The van der Waals surface area contributed by atoms with E-state index in [0.29, 0.717) is 0 Å². The first-order valence-electron chi connectivity index (χ1n) is 7.16. The van der Waals surface area contributed by atoms with Gasteiger partial charge in [0.25, 0.3) is 5.69 Å². The van der Waals surface area contributed by atoms with Crippen molar-refractivity contribution in [1.82, 2.24) is 14.9 Å². The Balaban J connectivity index is 1.95. The van der Waals surface area contributed by atoms with Crippen LogP contribution in [0.3, 0.4) is 0 Å². The number of anilines is 1. The van der Waals surface area contributed by atoms with Gasteiger partial charge in [0.15, 0.2) is 0 Å². The predicted octanol–water partition coefficient (Wildman–Crippen LogP) is 2.06. The number of hydrogen-bond acceptors (Lipinski definition) is 6. The van der Waals surface area contributed by atoms with Crippen LogP contribution in [0.25, 0.3) is 0 Å². The van der Waals surface area contributed by atoms with Crippen molar-refractivity contribution in [3.63, 3.8) is 0 Å². The molecule has 2 aromatic rings. The third-order valence-corrected chi connectivity index (χ3v) is 3.66. The summed E-state index contributed by atoms with van der Waals surface area (Å²) >= 11 is 0. The second-order valence-electron chi connectivity index (χ2n) is 5.13. The van der Waals surface area contributed by atoms with Gasteiger partial charge in [-0.1, -0.05) is 0 Å². The molecule has 114 valence electrons. The maximum atomic E-state index is 11.0. The number of non-ortho nitro benzene ring substituents is 1. The molecular weight excluding hydrogens is 284 g/mol. The summed E-state index contributed by atoms with van der Waals surface area (Å²) in [5, 5.41) is 22.6. The quantitative estimate of drug-likeness (QED) is 0.490. The van der Waals surface area contributed by atoms with Crippen LogP contribution in [0.4, 0.5) is 11.4 Å². The fourth-order valence-electron chi connectivity index (χ4n) is 2.57. The highest BCUT2D eigenvalue weighted by molar-refractivity contribution is 5.89. The van der Waals surface area contributed by atoms with Crippen LogP contribution in [-0.4, -0.2) is 39.1 Å². The second kappa shape index (κ2) is 6.33. The van der Waals surface area contributed by atoms with E-state index in [4.69, 9.17) is 0 Å². The lowest BCUT2D eigenvalue weighted by Crippen LogP contribution is -2.30. The molecule has 0 amide bonds. The zero-order valence-electron chi connectivity index (χ0n) is 12.0. The summed E-state index contributed by atoms with van der Waals surface area (Å²) in [4.78, 5) is 12.9. The number of hydrogen-bond donors (Lipinski definition) is 0. The van der Waals surface area contributed by atoms with Gasteiger partial charge in [-0.05, 0) is 25.3 Å². The van der Waals surface area contributed by atoms with Gasteiger partial charge in [-0.2, -0.15) is 5.10 Å². The number of rotatable bonds is 4. The fourth-order valence-corrected chi connectivity index (χ4v) is 2.57. The summed E-state index contributed by atoms with van der Waals surface area (Å²) in [5.74, 6) is 0. The minimum atomic E-state index is -0.393. The van der Waals surface area contributed by atoms with Gasteiger partial charge in [-0.15, -0.1) is 10.2 Å². The van der Waals surface area contributed by atoms with Crippen LogP contribution in [0.1, 0.15) is 24.8 Å². The van der Waals surface area contributed by atoms with Gasteiger partial charge in [-0.25, -0.2) is 4.68 Å². The monoisotopic (exact) mass is 300 g/mol. The van der Waals surface area contributed by atoms with Gasteiger partial charge >= 0.3 is 0 Å². The molecule has 0 unspecified atom stereocenters. The number of nitrogens with zero attached hydrogens (tertiary/aromatic N) is 6. The van der Waals surface area contributed by atoms with E-state index in [0.717, 1.165) is 37.2 Å². The molecule has 0 bridgehead atoms. The summed E-state index contributed by atoms with van der Waals surface area (Å²) in [6.45, 7) is 1.93. The lowest BCUT2D eigenvalue weighted by molar-refractivity contribution is -0.384. The molecule has 0 atom stereocenters. The average Bonchev–Trinajstić information content (AvgIpc) is 3.07. The number of benzene rings is 1. The van der Waals surface area contributed by atoms with E-state index in [-0.39, 0.29) is 5.69 Å². The molecule has 3 rings (SSSR count). The number of piperidine rings is 1. The molecule has 8 heteroatoms. The van der Waals surface area contributed by atoms with Crippen molar-refractivity contribution in [2.24, 2.45) is 5.10 Å². The Kier molecular flexibility index (Phi) is 4.08. The Labute approximate surface area is 127 Å². The average molecular weight is 300 g/mol. The normalized spacial score (nSPS) is 15.4. The van der Waals surface area contributed by atoms with Crippen molar-refractivity contribution in [1.29, 1.82) is 0 Å². The van der Waals surface area contributed by atoms with Crippen LogP contribution in [0, 0.1) is 10.1 Å². The molecule has 0 aliphatic carbocycles. The maximum Gasteiger partial charge on any atom is 0.270 e. The highest BCUT2D eigenvalue weighted by Gasteiger charge is 2.16. The molecule has 2 heterocycles. The highest BCUT2D eigenvalue weighted by atomic mass is 16.6. The lowest BCUT2D eigenvalue weighted by Gasteiger charge is -2.29. The molecule has 0 saturated carbocycles. The van der Waals surface area contributed by atoms with Crippen molar-refractivity contribution >= 4 is 17.6 Å². The Bertz CT molecular complexity index is 677. The van der Waals surface area contributed by atoms with Crippen molar-refractivity contribution in [2.75, 3.05) is 18.0 Å². The van der Waals surface area contributed by atoms with Gasteiger partial charge in [-0.3, -0.25) is 10.1 Å². The van der Waals surface area contributed by atoms with E-state index in [2.05, 4.69) is 20.2 Å². The summed E-state index contributed by atoms with van der Waals surface area (Å²) in [6.07, 6.45) is 8.05. The van der Waals surface area contributed by atoms with E-state index in [1.807, 2.05) is 0 Å². The van der Waals surface area contributed by atoms with Crippen LogP contribution in [0.5, 0.6) is 0 Å². The molecule has 1 aromatic carbocycles. The Morgan fingerprint density at radius 1 is 1.18 bits per heavy atom. The number of aromatic nitrogens is 3. The molecule has 1 aliphatic rings. The number of nitro benzene ring substituents is 1. The zero-order chi connectivity index (χ0) is 15.4. The van der Waals surface area contributed by atoms with Crippen molar-refractivity contribution in [3.8, 4) is 0 Å². The molecule has 0 spiro atoms. The Morgan fingerprint density at radius 2 is 1.91 bits per heavy atom. The van der Waals surface area contributed by atoms with E-state index >= 15 is 0 Å². The van der Waals surface area contributed by atoms with Crippen LogP contribution in [0.2, 0.25) is 0 Å². The summed E-state index contributed by atoms with van der Waals surface area (Å²) in [6, 6.07) is 4.90. The summed E-state index contributed by atoms with van der Waals surface area (Å²) in [7, 11) is 0. The summed E-state index contributed by atoms with van der Waals surface area (Å²) in [5.41, 5.74) is 1.76. The predicted molar refractivity (Wildman–Crippen MR) is 82.2 cm³/mol. The summed E-state index contributed by atoms with van der Waals surface area (Å²) < 4.78 is 1.46. The van der Waals surface area contributed by atoms with Crippen molar-refractivity contribution in [2.45, 2.75) is 19.3 Å². The third-order valence-electron chi connectivity index (χ3n) is 3.66. The largest absolute Gasteiger partial charge is 0.371 e. The first-order valence-corrected chi connectivity index (χ1v) is 7.16. The molecule has 0 N–H and O–H groups in total. The molecule has 22 heavy (non-hydrogen) atoms. The van der Waals surface area contributed by atoms with Gasteiger partial charge in [0.1, 0.15) is 12.7 Å². The molecule has 0 radical (unpaired) electrons. The highest BCUT2D eigenvalue weighted by Crippen LogP contribution is 2.26. The lowest BCUT2D eigenvalue weighted by atomic mass is 10.1. The maximum absolute atomic E-state index is 11.0. The van der Waals surface area contributed by atoms with Crippen LogP contribution in [-0.2, 0) is 0 Å². The second-order valence-corrected chi connectivity index (χ2v) is 5.13. The van der Waals surface area contributed by atoms with Gasteiger partial charge in [0.2, 0.25) is 0 Å². The van der Waals surface area contributed by atoms with E-state index < -0.39 is 4.92 Å². The van der Waals surface area contributed by atoms with E-state index in [1.54, 1.807) is 24.4 Å². The smallest absolute Gasteiger partial charge is 0.270 e. The molecular formula is C14H16N6O2. The van der Waals surface area contributed by atoms with Gasteiger partial charge in [0.05, 0.1) is 11.1 Å². The fraction of sp³-hybridized carbons (Fsp3) is 0.357. The van der Waals surface area contributed by atoms with E-state index in [9.17, 15) is 10.1 Å². The molecule has 1 aliphatic heterocycles. The van der Waals surface area contributed by atoms with Crippen LogP contribution in [0.15, 0.2) is 36.0 Å². The van der Waals surface area contributed by atoms with Crippen LogP contribution >= 0.6 is 0 Å². The first-order chi connectivity index (χ1) is 10.7. The van der Waals surface area contributed by atoms with Gasteiger partial charge in [0, 0.05) is 36.5 Å². The Hall–Kier alpha value is -2.77. The number of nitro groups is 1. The standard InChI is InChI=1S/C14H16N6O2/c21-20(22)13-4-5-14(18-6-2-1-3-7-18)12(8-13)9-17-19-10-15-16-11-19/h4-5,8-11H,1-3,6-7H2/b17-9+. The minimum Gasteiger partial charge on any atom is -0.371 e. The van der Waals surface area contributed by atoms with Crippen molar-refractivity contribution < 1.29 is 4.92 Å². The van der Waals surface area contributed by atoms with Crippen LogP contribution < -0.4 is 4.90 Å². The zero-order valence-corrected chi connectivity index (χ0v) is 12.0. The van der Waals surface area contributed by atoms with Crippen molar-refractivity contribution in [3.05, 3.63) is 46.5 Å². The third kappa shape index (κ3) is 3.11. The Morgan fingerprint density at radius 3 is 2.59 bits per heavy atom. The first kappa shape index (κ1) is 14.2. The molecule has 8 nitrogen and oxygen atoms in total. The minimum absolute atomic E-state index is 0.0611. The topological polar surface area (TPSA) is 89.5 Å². The SMILES string of the molecule is O=[N+]([O-])c1ccc(N2CCCCC2)c(/C=N/n2cnnc2)c1. The molecule has 1 aromatic heterocycles.